The van der Waals surface area contributed by atoms with E-state index in [1.165, 1.54) is 5.56 Å². The van der Waals surface area contributed by atoms with Crippen molar-refractivity contribution in [2.45, 2.75) is 13.1 Å². The van der Waals surface area contributed by atoms with Gasteiger partial charge in [-0.3, -0.25) is 9.80 Å². The zero-order valence-corrected chi connectivity index (χ0v) is 14.4. The second kappa shape index (κ2) is 7.54. The molecule has 1 saturated heterocycles. The number of nitrogens with zero attached hydrogens (tertiary/aromatic N) is 2. The summed E-state index contributed by atoms with van der Waals surface area (Å²) in [6.45, 7) is 5.85. The molecule has 3 nitrogen and oxygen atoms in total. The van der Waals surface area contributed by atoms with Crippen LogP contribution in [-0.2, 0) is 13.1 Å². The second-order valence-corrected chi connectivity index (χ2v) is 6.67. The summed E-state index contributed by atoms with van der Waals surface area (Å²) in [7, 11) is 0. The highest BCUT2D eigenvalue weighted by Gasteiger charge is 2.19. The number of phenolic OH excluding ortho intramolecular Hbond substituents is 1. The Kier molecular flexibility index (Phi) is 5.44. The number of phenols is 1. The Hall–Kier alpha value is -1.26. The fourth-order valence-corrected chi connectivity index (χ4v) is 3.29. The number of benzene rings is 2. The minimum Gasteiger partial charge on any atom is -0.506 e. The van der Waals surface area contributed by atoms with Gasteiger partial charge in [0.1, 0.15) is 10.8 Å². The third kappa shape index (κ3) is 4.18. The maximum absolute atomic E-state index is 9.57. The molecule has 1 fully saturated rings. The Morgan fingerprint density at radius 1 is 0.783 bits per heavy atom. The van der Waals surface area contributed by atoms with Gasteiger partial charge in [0, 0.05) is 39.3 Å². The highest BCUT2D eigenvalue weighted by atomic mass is 35.5. The summed E-state index contributed by atoms with van der Waals surface area (Å²) < 4.78 is 0. The summed E-state index contributed by atoms with van der Waals surface area (Å²) in [5.74, 6) is 0.0353. The summed E-state index contributed by atoms with van der Waals surface area (Å²) >= 11 is 12.2. The first-order valence-electron chi connectivity index (χ1n) is 7.78. The zero-order valence-electron chi connectivity index (χ0n) is 12.9. The molecule has 0 spiro atoms. The smallest absolute Gasteiger partial charge is 0.135 e. The van der Waals surface area contributed by atoms with Gasteiger partial charge in [0.15, 0.2) is 0 Å². The number of piperazine rings is 1. The Labute approximate surface area is 147 Å². The largest absolute Gasteiger partial charge is 0.506 e. The van der Waals surface area contributed by atoms with Crippen molar-refractivity contribution in [1.82, 2.24) is 9.80 Å². The van der Waals surface area contributed by atoms with E-state index in [2.05, 4.69) is 34.1 Å². The molecule has 0 aliphatic carbocycles. The molecule has 0 amide bonds. The lowest BCUT2D eigenvalue weighted by molar-refractivity contribution is 0.122. The Balaban J connectivity index is 1.54. The molecule has 1 heterocycles. The van der Waals surface area contributed by atoms with Gasteiger partial charge in [-0.1, -0.05) is 59.6 Å². The van der Waals surface area contributed by atoms with Crippen molar-refractivity contribution in [2.24, 2.45) is 0 Å². The Morgan fingerprint density at radius 2 is 1.39 bits per heavy atom. The van der Waals surface area contributed by atoms with Gasteiger partial charge < -0.3 is 5.11 Å². The average molecular weight is 351 g/mol. The number of rotatable bonds is 4. The minimum atomic E-state index is 0.0353. The van der Waals surface area contributed by atoms with Crippen LogP contribution in [0, 0.1) is 0 Å². The molecule has 0 aromatic heterocycles. The van der Waals surface area contributed by atoms with E-state index < -0.39 is 0 Å². The van der Waals surface area contributed by atoms with Crippen molar-refractivity contribution < 1.29 is 5.11 Å². The predicted octanol–water partition coefficient (Wildman–Crippen LogP) is 4.02. The highest BCUT2D eigenvalue weighted by molar-refractivity contribution is 6.43. The highest BCUT2D eigenvalue weighted by Crippen LogP contribution is 2.34. The van der Waals surface area contributed by atoms with E-state index in [-0.39, 0.29) is 10.8 Å². The third-order valence-electron chi connectivity index (χ3n) is 4.25. The van der Waals surface area contributed by atoms with E-state index in [0.717, 1.165) is 44.8 Å². The lowest BCUT2D eigenvalue weighted by Gasteiger charge is -2.35. The lowest BCUT2D eigenvalue weighted by Crippen LogP contribution is -2.45. The van der Waals surface area contributed by atoms with Gasteiger partial charge in [-0.2, -0.15) is 0 Å². The molecule has 23 heavy (non-hydrogen) atoms. The zero-order chi connectivity index (χ0) is 16.2. The van der Waals surface area contributed by atoms with Crippen LogP contribution in [0.15, 0.2) is 42.5 Å². The molecule has 1 aliphatic heterocycles. The summed E-state index contributed by atoms with van der Waals surface area (Å²) in [6, 6.07) is 14.0. The number of halogens is 2. The van der Waals surface area contributed by atoms with Crippen LogP contribution in [0.3, 0.4) is 0 Å². The van der Waals surface area contributed by atoms with E-state index >= 15 is 0 Å². The number of hydrogen-bond donors (Lipinski definition) is 1. The van der Waals surface area contributed by atoms with Crippen molar-refractivity contribution in [1.29, 1.82) is 0 Å². The van der Waals surface area contributed by atoms with Crippen LogP contribution in [0.25, 0.3) is 0 Å². The van der Waals surface area contributed by atoms with Crippen molar-refractivity contribution in [3.63, 3.8) is 0 Å². The average Bonchev–Trinajstić information content (AvgIpc) is 2.58. The molecule has 0 unspecified atom stereocenters. The molecule has 0 atom stereocenters. The molecule has 3 rings (SSSR count). The van der Waals surface area contributed by atoms with Gasteiger partial charge in [0.2, 0.25) is 0 Å². The summed E-state index contributed by atoms with van der Waals surface area (Å²) in [5.41, 5.74) is 2.32. The minimum absolute atomic E-state index is 0.0353. The van der Waals surface area contributed by atoms with Crippen LogP contribution in [0.2, 0.25) is 10.0 Å². The first-order chi connectivity index (χ1) is 11.1. The maximum Gasteiger partial charge on any atom is 0.135 e. The van der Waals surface area contributed by atoms with Crippen molar-refractivity contribution in [3.05, 3.63) is 63.6 Å². The third-order valence-corrected chi connectivity index (χ3v) is 5.16. The molecule has 2 aromatic rings. The van der Waals surface area contributed by atoms with E-state index in [0.29, 0.717) is 5.02 Å². The normalized spacial score (nSPS) is 16.6. The quantitative estimate of drug-likeness (QED) is 0.901. The van der Waals surface area contributed by atoms with E-state index in [1.807, 2.05) is 12.1 Å². The summed E-state index contributed by atoms with van der Waals surface area (Å²) in [4.78, 5) is 4.84. The molecule has 1 N–H and O–H groups in total. The van der Waals surface area contributed by atoms with Crippen LogP contribution in [-0.4, -0.2) is 41.1 Å². The van der Waals surface area contributed by atoms with Crippen molar-refractivity contribution in [3.8, 4) is 5.75 Å². The molecule has 0 radical (unpaired) electrons. The fourth-order valence-electron chi connectivity index (χ4n) is 2.89. The van der Waals surface area contributed by atoms with Gasteiger partial charge in [-0.25, -0.2) is 0 Å². The van der Waals surface area contributed by atoms with Gasteiger partial charge >= 0.3 is 0 Å². The van der Waals surface area contributed by atoms with Crippen LogP contribution < -0.4 is 0 Å². The van der Waals surface area contributed by atoms with Crippen LogP contribution in [0.4, 0.5) is 0 Å². The number of hydrogen-bond acceptors (Lipinski definition) is 3. The van der Waals surface area contributed by atoms with Crippen molar-refractivity contribution >= 4 is 23.2 Å². The van der Waals surface area contributed by atoms with E-state index in [1.54, 1.807) is 6.07 Å². The lowest BCUT2D eigenvalue weighted by atomic mass is 10.1. The monoisotopic (exact) mass is 350 g/mol. The Bertz CT molecular complexity index is 656. The summed E-state index contributed by atoms with van der Waals surface area (Å²) in [5, 5.41) is 10.3. The van der Waals surface area contributed by atoms with Crippen molar-refractivity contribution in [2.75, 3.05) is 26.2 Å². The standard InChI is InChI=1S/C18H20Cl2N2O/c19-17-15(6-7-16(23)18(17)20)13-22-10-8-21(9-11-22)12-14-4-2-1-3-5-14/h1-7,23H,8-13H2. The van der Waals surface area contributed by atoms with Gasteiger partial charge in [0.25, 0.3) is 0 Å². The fraction of sp³-hybridized carbons (Fsp3) is 0.333. The van der Waals surface area contributed by atoms with Gasteiger partial charge in [0.05, 0.1) is 5.02 Å². The molecule has 0 bridgehead atoms. The topological polar surface area (TPSA) is 26.7 Å². The van der Waals surface area contributed by atoms with E-state index in [9.17, 15) is 5.11 Å². The molecule has 122 valence electrons. The molecule has 2 aromatic carbocycles. The molecule has 5 heteroatoms. The van der Waals surface area contributed by atoms with Crippen LogP contribution >= 0.6 is 23.2 Å². The van der Waals surface area contributed by atoms with Crippen LogP contribution in [0.1, 0.15) is 11.1 Å². The molecular formula is C18H20Cl2N2O. The Morgan fingerprint density at radius 3 is 2.04 bits per heavy atom. The second-order valence-electron chi connectivity index (χ2n) is 5.91. The SMILES string of the molecule is Oc1ccc(CN2CCN(Cc3ccccc3)CC2)c(Cl)c1Cl. The first-order valence-corrected chi connectivity index (χ1v) is 8.53. The molecular weight excluding hydrogens is 331 g/mol. The maximum atomic E-state index is 9.57. The molecule has 0 saturated carbocycles. The van der Waals surface area contributed by atoms with E-state index in [4.69, 9.17) is 23.2 Å². The molecule has 1 aliphatic rings. The predicted molar refractivity (Wildman–Crippen MR) is 95.1 cm³/mol. The van der Waals surface area contributed by atoms with Crippen LogP contribution in [0.5, 0.6) is 5.75 Å². The van der Waals surface area contributed by atoms with Gasteiger partial charge in [-0.05, 0) is 17.2 Å². The first kappa shape index (κ1) is 16.6. The van der Waals surface area contributed by atoms with Gasteiger partial charge in [-0.15, -0.1) is 0 Å². The number of aromatic hydroxyl groups is 1. The summed E-state index contributed by atoms with van der Waals surface area (Å²) in [6.07, 6.45) is 0.